The van der Waals surface area contributed by atoms with Gasteiger partial charge in [-0.3, -0.25) is 0 Å². The third-order valence-electron chi connectivity index (χ3n) is 4.47. The van der Waals surface area contributed by atoms with Crippen LogP contribution in [0.1, 0.15) is 25.8 Å². The number of nitrogens with one attached hydrogen (secondary N) is 2. The predicted octanol–water partition coefficient (Wildman–Crippen LogP) is 4.16. The first-order valence-electron chi connectivity index (χ1n) is 9.88. The van der Waals surface area contributed by atoms with Crippen molar-refractivity contribution in [2.24, 2.45) is 0 Å². The number of carbonyl (C=O) groups excluding carboxylic acids is 1. The summed E-state index contributed by atoms with van der Waals surface area (Å²) in [5, 5.41) is 5.57. The first-order valence-corrected chi connectivity index (χ1v) is 9.88. The minimum Gasteiger partial charge on any atom is -0.488 e. The normalized spacial score (nSPS) is 17.5. The molecule has 2 heterocycles. The van der Waals surface area contributed by atoms with Crippen LogP contribution < -0.4 is 21.1 Å². The predicted molar refractivity (Wildman–Crippen MR) is 117 cm³/mol. The smallest absolute Gasteiger partial charge is 0.323 e. The lowest BCUT2D eigenvalue weighted by Gasteiger charge is -2.34. The van der Waals surface area contributed by atoms with Gasteiger partial charge in [0.15, 0.2) is 23.7 Å². The molecule has 0 aliphatic carbocycles. The van der Waals surface area contributed by atoms with Crippen LogP contribution in [0.25, 0.3) is 11.4 Å². The molecule has 0 spiro atoms. The number of hydrogen-bond acceptors (Lipinski definition) is 7. The molecule has 2 aromatic carbocycles. The van der Waals surface area contributed by atoms with E-state index in [1.165, 1.54) is 0 Å². The van der Waals surface area contributed by atoms with E-state index in [1.807, 2.05) is 31.2 Å². The summed E-state index contributed by atoms with van der Waals surface area (Å²) in [5.74, 6) is 0.906. The molecule has 160 valence electrons. The number of nitrogen functional groups attached to an aromatic ring is 1. The summed E-state index contributed by atoms with van der Waals surface area (Å²) in [6.07, 6.45) is -0.992. The summed E-state index contributed by atoms with van der Waals surface area (Å²) in [7, 11) is 0. The fraction of sp³-hybridized carbons (Fsp3) is 0.227. The van der Waals surface area contributed by atoms with Crippen molar-refractivity contribution in [1.82, 2.24) is 9.97 Å². The third-order valence-corrected chi connectivity index (χ3v) is 4.47. The van der Waals surface area contributed by atoms with Gasteiger partial charge in [0.2, 0.25) is 6.29 Å². The lowest BCUT2D eigenvalue weighted by atomic mass is 10.1. The summed E-state index contributed by atoms with van der Waals surface area (Å²) in [5.41, 5.74) is 8.50. The standard InChI is InChI=1S/C22H23N5O4/c1-3-29-18-17(21-30-13(2)31-21)26-20(27-19(18)23)14-8-7-11-16(12-14)25-22(28)24-15-9-5-4-6-10-15/h4-13,21H,3H2,1-2H3,(H2,23,26,27)(H2,24,25,28). The number of amides is 2. The number of rotatable bonds is 6. The van der Waals surface area contributed by atoms with E-state index in [-0.39, 0.29) is 18.1 Å². The van der Waals surface area contributed by atoms with E-state index < -0.39 is 6.29 Å². The highest BCUT2D eigenvalue weighted by Gasteiger charge is 2.34. The number of anilines is 3. The lowest BCUT2D eigenvalue weighted by molar-refractivity contribution is -0.384. The van der Waals surface area contributed by atoms with Gasteiger partial charge in [-0.25, -0.2) is 14.8 Å². The largest absolute Gasteiger partial charge is 0.488 e. The quantitative estimate of drug-likeness (QED) is 0.546. The van der Waals surface area contributed by atoms with Gasteiger partial charge in [0, 0.05) is 16.9 Å². The monoisotopic (exact) mass is 421 g/mol. The fourth-order valence-corrected chi connectivity index (χ4v) is 3.11. The highest BCUT2D eigenvalue weighted by Crippen LogP contribution is 2.39. The Hall–Kier alpha value is -3.69. The van der Waals surface area contributed by atoms with Crippen molar-refractivity contribution in [3.8, 4) is 17.1 Å². The number of aromatic nitrogens is 2. The highest BCUT2D eigenvalue weighted by molar-refractivity contribution is 6.00. The van der Waals surface area contributed by atoms with Crippen LogP contribution in [0.3, 0.4) is 0 Å². The van der Waals surface area contributed by atoms with E-state index in [2.05, 4.69) is 20.6 Å². The Kier molecular flexibility index (Phi) is 5.96. The van der Waals surface area contributed by atoms with Crippen molar-refractivity contribution in [1.29, 1.82) is 0 Å². The Morgan fingerprint density at radius 2 is 1.77 bits per heavy atom. The molecular weight excluding hydrogens is 398 g/mol. The Balaban J connectivity index is 1.57. The number of carbonyl (C=O) groups is 1. The Labute approximate surface area is 179 Å². The van der Waals surface area contributed by atoms with Crippen molar-refractivity contribution < 1.29 is 19.0 Å². The van der Waals surface area contributed by atoms with Crippen LogP contribution in [-0.4, -0.2) is 28.9 Å². The second-order valence-electron chi connectivity index (χ2n) is 6.78. The molecule has 9 nitrogen and oxygen atoms in total. The van der Waals surface area contributed by atoms with Crippen LogP contribution in [0.15, 0.2) is 54.6 Å². The Morgan fingerprint density at radius 3 is 2.48 bits per heavy atom. The molecule has 1 saturated heterocycles. The molecule has 9 heteroatoms. The van der Waals surface area contributed by atoms with Crippen molar-refractivity contribution in [3.63, 3.8) is 0 Å². The van der Waals surface area contributed by atoms with Crippen molar-refractivity contribution in [2.45, 2.75) is 26.4 Å². The van der Waals surface area contributed by atoms with Gasteiger partial charge in [0.1, 0.15) is 5.69 Å². The summed E-state index contributed by atoms with van der Waals surface area (Å²) in [4.78, 5) is 21.2. The SMILES string of the molecule is CCOc1c(N)nc(-c2cccc(NC(=O)Nc3ccccc3)c2)nc1C1OC(C)O1. The average Bonchev–Trinajstić information content (AvgIpc) is 2.74. The molecule has 4 N–H and O–H groups in total. The maximum Gasteiger partial charge on any atom is 0.323 e. The van der Waals surface area contributed by atoms with Gasteiger partial charge in [-0.2, -0.15) is 0 Å². The van der Waals surface area contributed by atoms with Crippen LogP contribution in [0.2, 0.25) is 0 Å². The molecule has 1 fully saturated rings. The fourth-order valence-electron chi connectivity index (χ4n) is 3.11. The Morgan fingerprint density at radius 1 is 1.06 bits per heavy atom. The van der Waals surface area contributed by atoms with Gasteiger partial charge < -0.3 is 30.6 Å². The average molecular weight is 421 g/mol. The number of urea groups is 1. The molecule has 1 aliphatic rings. The van der Waals surface area contributed by atoms with E-state index in [0.717, 1.165) is 0 Å². The van der Waals surface area contributed by atoms with Gasteiger partial charge >= 0.3 is 6.03 Å². The van der Waals surface area contributed by atoms with Gasteiger partial charge in [-0.15, -0.1) is 0 Å². The molecule has 4 rings (SSSR count). The second kappa shape index (κ2) is 8.99. The minimum absolute atomic E-state index is 0.189. The topological polar surface area (TPSA) is 121 Å². The number of benzene rings is 2. The summed E-state index contributed by atoms with van der Waals surface area (Å²) in [6, 6.07) is 16.0. The lowest BCUT2D eigenvalue weighted by Crippen LogP contribution is -2.33. The summed E-state index contributed by atoms with van der Waals surface area (Å²) in [6.45, 7) is 4.04. The number of ether oxygens (including phenoxy) is 3. The van der Waals surface area contributed by atoms with Crippen molar-refractivity contribution in [3.05, 3.63) is 60.3 Å². The van der Waals surface area contributed by atoms with Crippen LogP contribution >= 0.6 is 0 Å². The zero-order valence-electron chi connectivity index (χ0n) is 17.2. The van der Waals surface area contributed by atoms with Crippen LogP contribution in [-0.2, 0) is 9.47 Å². The number of nitrogens with two attached hydrogens (primary N) is 1. The third kappa shape index (κ3) is 4.73. The summed E-state index contributed by atoms with van der Waals surface area (Å²) >= 11 is 0. The minimum atomic E-state index is -0.668. The molecular formula is C22H23N5O4. The number of para-hydroxylation sites is 1. The molecule has 3 aromatic rings. The molecule has 1 aliphatic heterocycles. The zero-order chi connectivity index (χ0) is 21.8. The second-order valence-corrected chi connectivity index (χ2v) is 6.78. The van der Waals surface area contributed by atoms with E-state index in [0.29, 0.717) is 40.8 Å². The summed E-state index contributed by atoms with van der Waals surface area (Å²) < 4.78 is 16.8. The first kappa shape index (κ1) is 20.6. The van der Waals surface area contributed by atoms with Crippen LogP contribution in [0, 0.1) is 0 Å². The van der Waals surface area contributed by atoms with E-state index in [4.69, 9.17) is 19.9 Å². The maximum atomic E-state index is 12.3. The van der Waals surface area contributed by atoms with Crippen molar-refractivity contribution in [2.75, 3.05) is 23.0 Å². The molecule has 0 bridgehead atoms. The van der Waals surface area contributed by atoms with Gasteiger partial charge in [0.05, 0.1) is 6.61 Å². The maximum absolute atomic E-state index is 12.3. The van der Waals surface area contributed by atoms with Gasteiger partial charge in [0.25, 0.3) is 0 Å². The molecule has 31 heavy (non-hydrogen) atoms. The van der Waals surface area contributed by atoms with Crippen LogP contribution in [0.5, 0.6) is 5.75 Å². The molecule has 0 radical (unpaired) electrons. The number of hydrogen-bond donors (Lipinski definition) is 3. The van der Waals surface area contributed by atoms with Gasteiger partial charge in [-0.05, 0) is 38.1 Å². The van der Waals surface area contributed by atoms with E-state index >= 15 is 0 Å². The molecule has 0 atom stereocenters. The zero-order valence-corrected chi connectivity index (χ0v) is 17.2. The highest BCUT2D eigenvalue weighted by atomic mass is 16.9. The van der Waals surface area contributed by atoms with E-state index in [1.54, 1.807) is 37.3 Å². The number of nitrogens with zero attached hydrogens (tertiary/aromatic N) is 2. The van der Waals surface area contributed by atoms with E-state index in [9.17, 15) is 4.79 Å². The van der Waals surface area contributed by atoms with Gasteiger partial charge in [-0.1, -0.05) is 30.3 Å². The molecule has 0 unspecified atom stereocenters. The molecule has 2 amide bonds. The first-order chi connectivity index (χ1) is 15.0. The van der Waals surface area contributed by atoms with Crippen LogP contribution in [0.4, 0.5) is 22.0 Å². The van der Waals surface area contributed by atoms with Crippen molar-refractivity contribution >= 4 is 23.2 Å². The molecule has 1 aromatic heterocycles. The molecule has 0 saturated carbocycles. The Bertz CT molecular complexity index is 1070.